The smallest absolute Gasteiger partial charge is 0.267 e. The molecule has 0 amide bonds. The second-order valence-electron chi connectivity index (χ2n) is 2.00. The zero-order valence-corrected chi connectivity index (χ0v) is 6.34. The van der Waals surface area contributed by atoms with Crippen molar-refractivity contribution in [2.45, 2.75) is 18.1 Å². The van der Waals surface area contributed by atoms with Crippen LogP contribution in [0.25, 0.3) is 0 Å². The topological polar surface area (TPSA) is 74.6 Å². The molecule has 0 fully saturated rings. The molecule has 0 aliphatic heterocycles. The fraction of sp³-hybridized carbons (Fsp3) is 0.800. The highest BCUT2D eigenvalue weighted by Crippen LogP contribution is 2.04. The molecule has 2 N–H and O–H groups in total. The fourth-order valence-electron chi connectivity index (χ4n) is 0.468. The molecule has 0 aromatic carbocycles. The molecular formula is C5H11O4S. The Labute approximate surface area is 60.6 Å². The summed E-state index contributed by atoms with van der Waals surface area (Å²) in [5.41, 5.74) is 0. The van der Waals surface area contributed by atoms with Crippen molar-refractivity contribution in [1.29, 1.82) is 0 Å². The van der Waals surface area contributed by atoms with Gasteiger partial charge in [-0.1, -0.05) is 0 Å². The normalized spacial score (nSPS) is 15.1. The average Bonchev–Trinajstić information content (AvgIpc) is 1.80. The van der Waals surface area contributed by atoms with E-state index < -0.39 is 15.4 Å². The zero-order valence-electron chi connectivity index (χ0n) is 5.52. The Kier molecular flexibility index (Phi) is 3.85. The maximum absolute atomic E-state index is 10.2. The first kappa shape index (κ1) is 9.87. The van der Waals surface area contributed by atoms with Crippen LogP contribution in [0.4, 0.5) is 0 Å². The molecular weight excluding hydrogens is 156 g/mol. The Balaban J connectivity index is 3.75. The largest absolute Gasteiger partial charge is 0.396 e. The van der Waals surface area contributed by atoms with Gasteiger partial charge in [-0.3, -0.25) is 4.55 Å². The van der Waals surface area contributed by atoms with Gasteiger partial charge < -0.3 is 5.11 Å². The molecule has 1 radical (unpaired) electrons. The first-order valence-electron chi connectivity index (χ1n) is 2.88. The molecule has 5 heteroatoms. The Hall–Kier alpha value is -0.130. The average molecular weight is 167 g/mol. The third-order valence-electron chi connectivity index (χ3n) is 1.11. The number of aliphatic hydroxyl groups is 1. The predicted octanol–water partition coefficient (Wildman–Crippen LogP) is -0.151. The van der Waals surface area contributed by atoms with Crippen molar-refractivity contribution in [2.24, 2.45) is 0 Å². The van der Waals surface area contributed by atoms with Gasteiger partial charge in [0.15, 0.2) is 0 Å². The summed E-state index contributed by atoms with van der Waals surface area (Å²) in [6.45, 7) is 3.12. The van der Waals surface area contributed by atoms with E-state index in [0.29, 0.717) is 6.42 Å². The van der Waals surface area contributed by atoms with E-state index in [0.717, 1.165) is 0 Å². The molecule has 61 valence electrons. The maximum Gasteiger partial charge on any atom is 0.267 e. The Morgan fingerprint density at radius 2 is 2.00 bits per heavy atom. The summed E-state index contributed by atoms with van der Waals surface area (Å²) in [5.74, 6) is 0. The molecule has 0 spiro atoms. The highest BCUT2D eigenvalue weighted by Gasteiger charge is 2.15. The van der Waals surface area contributed by atoms with Crippen LogP contribution in [0.5, 0.6) is 0 Å². The third-order valence-corrected chi connectivity index (χ3v) is 2.18. The lowest BCUT2D eigenvalue weighted by atomic mass is 10.3. The van der Waals surface area contributed by atoms with Crippen LogP contribution in [0.2, 0.25) is 0 Å². The first-order chi connectivity index (χ1) is 4.48. The van der Waals surface area contributed by atoms with Gasteiger partial charge in [-0.05, 0) is 19.8 Å². The Morgan fingerprint density at radius 1 is 1.50 bits per heavy atom. The molecule has 0 saturated carbocycles. The molecule has 0 rings (SSSR count). The van der Waals surface area contributed by atoms with Gasteiger partial charge in [0.05, 0.1) is 5.25 Å². The van der Waals surface area contributed by atoms with Crippen LogP contribution in [0.1, 0.15) is 12.8 Å². The number of hydrogen-bond donors (Lipinski definition) is 2. The van der Waals surface area contributed by atoms with E-state index in [-0.39, 0.29) is 13.0 Å². The van der Waals surface area contributed by atoms with E-state index in [1.807, 2.05) is 0 Å². The minimum Gasteiger partial charge on any atom is -0.396 e. The quantitative estimate of drug-likeness (QED) is 0.571. The summed E-state index contributed by atoms with van der Waals surface area (Å²) in [7, 11) is -4.00. The van der Waals surface area contributed by atoms with Gasteiger partial charge in [0.1, 0.15) is 0 Å². The van der Waals surface area contributed by atoms with Crippen molar-refractivity contribution < 1.29 is 18.1 Å². The monoisotopic (exact) mass is 167 g/mol. The summed E-state index contributed by atoms with van der Waals surface area (Å²) >= 11 is 0. The molecule has 1 unspecified atom stereocenters. The van der Waals surface area contributed by atoms with E-state index >= 15 is 0 Å². The van der Waals surface area contributed by atoms with Crippen LogP contribution in [0.15, 0.2) is 0 Å². The minimum atomic E-state index is -4.00. The van der Waals surface area contributed by atoms with Crippen LogP contribution in [0.3, 0.4) is 0 Å². The third kappa shape index (κ3) is 3.81. The number of hydrogen-bond acceptors (Lipinski definition) is 3. The lowest BCUT2D eigenvalue weighted by Gasteiger charge is -2.04. The molecule has 0 heterocycles. The SMILES string of the molecule is [CH2]C(CCCO)S(=O)(=O)O. The second-order valence-corrected chi connectivity index (χ2v) is 3.70. The van der Waals surface area contributed by atoms with Crippen LogP contribution in [0, 0.1) is 6.92 Å². The molecule has 10 heavy (non-hydrogen) atoms. The Bertz CT molecular complexity index is 172. The molecule has 0 aromatic heterocycles. The van der Waals surface area contributed by atoms with Crippen molar-refractivity contribution in [2.75, 3.05) is 6.61 Å². The van der Waals surface area contributed by atoms with Crippen LogP contribution in [-0.4, -0.2) is 29.9 Å². The van der Waals surface area contributed by atoms with Crippen LogP contribution < -0.4 is 0 Å². The second kappa shape index (κ2) is 3.90. The highest BCUT2D eigenvalue weighted by atomic mass is 32.2. The van der Waals surface area contributed by atoms with Gasteiger partial charge in [0.25, 0.3) is 10.1 Å². The van der Waals surface area contributed by atoms with Crippen molar-refractivity contribution in [3.8, 4) is 0 Å². The molecule has 0 aliphatic carbocycles. The van der Waals surface area contributed by atoms with Gasteiger partial charge >= 0.3 is 0 Å². The summed E-state index contributed by atoms with van der Waals surface area (Å²) in [6, 6.07) is 0. The van der Waals surface area contributed by atoms with Crippen LogP contribution in [-0.2, 0) is 10.1 Å². The molecule has 0 bridgehead atoms. The highest BCUT2D eigenvalue weighted by molar-refractivity contribution is 7.86. The lowest BCUT2D eigenvalue weighted by Crippen LogP contribution is -2.16. The van der Waals surface area contributed by atoms with E-state index in [1.165, 1.54) is 0 Å². The first-order valence-corrected chi connectivity index (χ1v) is 4.39. The molecule has 1 atom stereocenters. The van der Waals surface area contributed by atoms with Crippen molar-refractivity contribution >= 4 is 10.1 Å². The number of rotatable bonds is 4. The summed E-state index contributed by atoms with van der Waals surface area (Å²) < 4.78 is 28.8. The zero-order chi connectivity index (χ0) is 8.20. The molecule has 4 nitrogen and oxygen atoms in total. The molecule has 0 aliphatic rings. The van der Waals surface area contributed by atoms with Crippen molar-refractivity contribution in [3.63, 3.8) is 0 Å². The van der Waals surface area contributed by atoms with Gasteiger partial charge in [-0.25, -0.2) is 0 Å². The molecule has 0 aromatic rings. The van der Waals surface area contributed by atoms with Gasteiger partial charge in [0, 0.05) is 6.61 Å². The van der Waals surface area contributed by atoms with Crippen molar-refractivity contribution in [1.82, 2.24) is 0 Å². The van der Waals surface area contributed by atoms with Gasteiger partial charge in [-0.15, -0.1) is 0 Å². The Morgan fingerprint density at radius 3 is 2.30 bits per heavy atom. The summed E-state index contributed by atoms with van der Waals surface area (Å²) in [5, 5.41) is 7.26. The van der Waals surface area contributed by atoms with E-state index in [1.54, 1.807) is 0 Å². The van der Waals surface area contributed by atoms with Gasteiger partial charge in [0.2, 0.25) is 0 Å². The maximum atomic E-state index is 10.2. The standard InChI is InChI=1S/C5H11O4S/c1-5(3-2-4-6)10(7,8)9/h5-6H,1-4H2,(H,7,8,9). The van der Waals surface area contributed by atoms with E-state index in [2.05, 4.69) is 6.92 Å². The minimum absolute atomic E-state index is 0.0818. The molecule has 0 saturated heterocycles. The van der Waals surface area contributed by atoms with Gasteiger partial charge in [-0.2, -0.15) is 8.42 Å². The van der Waals surface area contributed by atoms with E-state index in [9.17, 15) is 8.42 Å². The van der Waals surface area contributed by atoms with Crippen LogP contribution >= 0.6 is 0 Å². The van der Waals surface area contributed by atoms with E-state index in [4.69, 9.17) is 9.66 Å². The number of aliphatic hydroxyl groups excluding tert-OH is 1. The summed E-state index contributed by atoms with van der Waals surface area (Å²) in [6.07, 6.45) is 0.531. The fourth-order valence-corrected chi connectivity index (χ4v) is 0.932. The summed E-state index contributed by atoms with van der Waals surface area (Å²) in [4.78, 5) is 0. The van der Waals surface area contributed by atoms with Crippen molar-refractivity contribution in [3.05, 3.63) is 6.92 Å². The predicted molar refractivity (Wildman–Crippen MR) is 37.0 cm³/mol. The lowest BCUT2D eigenvalue weighted by molar-refractivity contribution is 0.284.